The molecule has 0 bridgehead atoms. The number of hydrogen-bond donors (Lipinski definition) is 1. The third kappa shape index (κ3) is 9.34. The van der Waals surface area contributed by atoms with E-state index < -0.39 is 12.1 Å². The van der Waals surface area contributed by atoms with Gasteiger partial charge in [0, 0.05) is 26.1 Å². The Kier molecular flexibility index (Phi) is 13.2. The molecule has 0 unspecified atom stereocenters. The van der Waals surface area contributed by atoms with Gasteiger partial charge in [-0.15, -0.1) is 0 Å². The molecule has 1 fully saturated rings. The van der Waals surface area contributed by atoms with Gasteiger partial charge in [-0.25, -0.2) is 4.98 Å². The molecule has 1 aromatic carbocycles. The van der Waals surface area contributed by atoms with E-state index in [-0.39, 0.29) is 5.92 Å². The number of unbranched alkanes of at least 4 members (excludes halogenated alkanes) is 5. The number of aromatic nitrogens is 1. The van der Waals surface area contributed by atoms with Gasteiger partial charge in [0.25, 0.3) is 0 Å². The second kappa shape index (κ2) is 15.8. The second-order valence-corrected chi connectivity index (χ2v) is 10.6. The molecule has 3 rings (SSSR count). The molecule has 0 spiro atoms. The minimum Gasteiger partial charge on any atom is -0.554 e. The lowest BCUT2D eigenvalue weighted by Crippen LogP contribution is -2.39. The predicted octanol–water partition coefficient (Wildman–Crippen LogP) is 4.42. The number of benzene rings is 1. The van der Waals surface area contributed by atoms with Crippen LogP contribution in [-0.4, -0.2) is 55.4 Å². The van der Waals surface area contributed by atoms with Crippen LogP contribution in [0.2, 0.25) is 0 Å². The van der Waals surface area contributed by atoms with Crippen molar-refractivity contribution in [3.8, 4) is 0 Å². The van der Waals surface area contributed by atoms with Crippen LogP contribution < -0.4 is 5.11 Å². The number of ether oxygens (including phenoxy) is 1. The van der Waals surface area contributed by atoms with Crippen molar-refractivity contribution in [2.75, 3.05) is 34.4 Å². The number of rotatable bonds is 14. The lowest BCUT2D eigenvalue weighted by Gasteiger charge is -2.36. The molecular formula is C29H46N2O5. The molecule has 1 N–H and O–H groups in total. The van der Waals surface area contributed by atoms with Crippen LogP contribution in [0.15, 0.2) is 40.9 Å². The van der Waals surface area contributed by atoms with Crippen molar-refractivity contribution < 1.29 is 28.6 Å². The van der Waals surface area contributed by atoms with E-state index in [1.54, 1.807) is 7.11 Å². The Labute approximate surface area is 217 Å². The minimum atomic E-state index is -1.15. The Morgan fingerprint density at radius 2 is 1.69 bits per heavy atom. The van der Waals surface area contributed by atoms with E-state index in [1.807, 2.05) is 36.5 Å². The topological polar surface area (TPSA) is 95.6 Å². The summed E-state index contributed by atoms with van der Waals surface area (Å²) < 4.78 is 12.3. The molecular weight excluding hydrogens is 456 g/mol. The summed E-state index contributed by atoms with van der Waals surface area (Å²) >= 11 is 0. The average molecular weight is 503 g/mol. The van der Waals surface area contributed by atoms with E-state index in [2.05, 4.69) is 19.1 Å². The van der Waals surface area contributed by atoms with E-state index >= 15 is 0 Å². The van der Waals surface area contributed by atoms with Crippen LogP contribution in [0.3, 0.4) is 0 Å². The fraction of sp³-hybridized carbons (Fsp3) is 0.655. The van der Waals surface area contributed by atoms with Gasteiger partial charge in [-0.1, -0.05) is 68.9 Å². The average Bonchev–Trinajstić information content (AvgIpc) is 3.35. The van der Waals surface area contributed by atoms with Gasteiger partial charge in [-0.2, -0.15) is 0 Å². The molecule has 1 heterocycles. The van der Waals surface area contributed by atoms with Gasteiger partial charge >= 0.3 is 0 Å². The summed E-state index contributed by atoms with van der Waals surface area (Å²) in [6, 6.07) is 9.99. The lowest BCUT2D eigenvalue weighted by molar-refractivity contribution is -0.904. The molecule has 1 aliphatic rings. The summed E-state index contributed by atoms with van der Waals surface area (Å²) in [5.74, 6) is 1.47. The van der Waals surface area contributed by atoms with E-state index in [4.69, 9.17) is 19.1 Å². The largest absolute Gasteiger partial charge is 0.554 e. The summed E-state index contributed by atoms with van der Waals surface area (Å²) in [7, 11) is 6.28. The number of aliphatic hydroxyl groups is 1. The fourth-order valence-corrected chi connectivity index (χ4v) is 5.30. The zero-order valence-electron chi connectivity index (χ0n) is 22.5. The van der Waals surface area contributed by atoms with Crippen molar-refractivity contribution in [1.29, 1.82) is 0 Å². The first-order valence-electron chi connectivity index (χ1n) is 13.5. The number of nitrogens with zero attached hydrogens (tertiary/aromatic N) is 2. The SMILES string of the molecule is COCCCCCCCC[N+](C)(C)Cc1cnc([C@](O)(c2ccccc2)C2CCCCC2)o1.O=C[O-]. The highest BCUT2D eigenvalue weighted by molar-refractivity contribution is 5.30. The summed E-state index contributed by atoms with van der Waals surface area (Å²) in [6.07, 6.45) is 14.9. The van der Waals surface area contributed by atoms with E-state index in [1.165, 1.54) is 44.9 Å². The normalized spacial score (nSPS) is 16.1. The maximum Gasteiger partial charge on any atom is 0.231 e. The van der Waals surface area contributed by atoms with Crippen LogP contribution >= 0.6 is 0 Å². The zero-order chi connectivity index (χ0) is 26.3. The molecule has 7 heteroatoms. The Balaban J connectivity index is 0.00000145. The van der Waals surface area contributed by atoms with E-state index in [0.717, 1.165) is 61.2 Å². The van der Waals surface area contributed by atoms with Crippen LogP contribution in [0.25, 0.3) is 0 Å². The Morgan fingerprint density at radius 1 is 1.08 bits per heavy atom. The van der Waals surface area contributed by atoms with E-state index in [9.17, 15) is 5.11 Å². The van der Waals surface area contributed by atoms with Gasteiger partial charge in [0.2, 0.25) is 5.89 Å². The van der Waals surface area contributed by atoms with Gasteiger partial charge in [-0.05, 0) is 37.7 Å². The minimum absolute atomic E-state index is 0.145. The summed E-state index contributed by atoms with van der Waals surface area (Å²) in [4.78, 5) is 12.9. The number of carbonyl (C=O) groups excluding carboxylic acids is 1. The lowest BCUT2D eigenvalue weighted by atomic mass is 9.73. The van der Waals surface area contributed by atoms with Crippen LogP contribution in [0, 0.1) is 5.92 Å². The smallest absolute Gasteiger partial charge is 0.231 e. The van der Waals surface area contributed by atoms with Gasteiger partial charge in [0.1, 0.15) is 6.54 Å². The fourth-order valence-electron chi connectivity index (χ4n) is 5.30. The maximum atomic E-state index is 12.0. The molecule has 202 valence electrons. The quantitative estimate of drug-likeness (QED) is 0.233. The second-order valence-electron chi connectivity index (χ2n) is 10.6. The molecule has 1 aliphatic carbocycles. The summed E-state index contributed by atoms with van der Waals surface area (Å²) in [5.41, 5.74) is -0.260. The first kappa shape index (κ1) is 30.0. The number of carboxylic acid groups (broad SMARTS) is 1. The monoisotopic (exact) mass is 502 g/mol. The zero-order valence-corrected chi connectivity index (χ0v) is 22.5. The molecule has 0 radical (unpaired) electrons. The Bertz CT molecular complexity index is 848. The highest BCUT2D eigenvalue weighted by Gasteiger charge is 2.44. The number of hydrogen-bond acceptors (Lipinski definition) is 6. The summed E-state index contributed by atoms with van der Waals surface area (Å²) in [5, 5.41) is 20.2. The van der Waals surface area contributed by atoms with Gasteiger partial charge in [0.05, 0.1) is 26.8 Å². The Morgan fingerprint density at radius 3 is 2.33 bits per heavy atom. The molecule has 7 nitrogen and oxygen atoms in total. The molecule has 36 heavy (non-hydrogen) atoms. The maximum absolute atomic E-state index is 12.0. The molecule has 1 atom stereocenters. The number of oxazole rings is 1. The van der Waals surface area contributed by atoms with Crippen LogP contribution in [-0.2, 0) is 21.7 Å². The van der Waals surface area contributed by atoms with Crippen molar-refractivity contribution >= 4 is 6.47 Å². The molecule has 1 aromatic heterocycles. The molecule has 2 aromatic rings. The van der Waals surface area contributed by atoms with Crippen LogP contribution in [0.4, 0.5) is 0 Å². The number of quaternary nitrogens is 1. The first-order valence-corrected chi connectivity index (χ1v) is 13.5. The number of methoxy groups -OCH3 is 1. The van der Waals surface area contributed by atoms with E-state index in [0.29, 0.717) is 5.89 Å². The molecule has 0 amide bonds. The molecule has 0 saturated heterocycles. The van der Waals surface area contributed by atoms with Crippen LogP contribution in [0.5, 0.6) is 0 Å². The van der Waals surface area contributed by atoms with Crippen molar-refractivity contribution in [1.82, 2.24) is 4.98 Å². The predicted molar refractivity (Wildman–Crippen MR) is 139 cm³/mol. The van der Waals surface area contributed by atoms with Crippen molar-refractivity contribution in [3.05, 3.63) is 53.7 Å². The highest BCUT2D eigenvalue weighted by Crippen LogP contribution is 2.43. The molecule has 0 aliphatic heterocycles. The van der Waals surface area contributed by atoms with Crippen molar-refractivity contribution in [3.63, 3.8) is 0 Å². The number of carbonyl (C=O) groups is 1. The van der Waals surface area contributed by atoms with Crippen molar-refractivity contribution in [2.45, 2.75) is 82.8 Å². The third-order valence-corrected chi connectivity index (χ3v) is 7.24. The highest BCUT2D eigenvalue weighted by atomic mass is 16.5. The standard InChI is InChI=1S/C28H45N2O3.CH2O2/c1-30(2,20-14-6-4-5-7-15-21-32-3)23-26-22-29-27(33-26)28(31,24-16-10-8-11-17-24)25-18-12-9-13-19-25;2-1-3/h8,10-11,16-17,22,25,31H,4-7,9,12-15,18-21,23H2,1-3H3;1H,(H,2,3)/q+1;/p-1/t28-;/m0./s1. The third-order valence-electron chi connectivity index (χ3n) is 7.24. The first-order chi connectivity index (χ1) is 17.4. The van der Waals surface area contributed by atoms with Gasteiger partial charge in [-0.3, -0.25) is 0 Å². The van der Waals surface area contributed by atoms with Crippen LogP contribution in [0.1, 0.15) is 87.8 Å². The molecule has 1 saturated carbocycles. The van der Waals surface area contributed by atoms with Gasteiger partial charge in [0.15, 0.2) is 11.4 Å². The summed E-state index contributed by atoms with van der Waals surface area (Å²) in [6.45, 7) is 2.28. The van der Waals surface area contributed by atoms with Gasteiger partial charge < -0.3 is 28.6 Å². The Hall–Kier alpha value is -2.22. The van der Waals surface area contributed by atoms with Crippen molar-refractivity contribution in [2.24, 2.45) is 5.92 Å².